The lowest BCUT2D eigenvalue weighted by molar-refractivity contribution is -0.121. The molecule has 1 aromatic carbocycles. The molecule has 0 aromatic heterocycles. The third kappa shape index (κ3) is 4.72. The largest absolute Gasteiger partial charge is 0.492 e. The van der Waals surface area contributed by atoms with Crippen LogP contribution in [0.5, 0.6) is 5.75 Å². The maximum atomic E-state index is 12.2. The second-order valence-electron chi connectivity index (χ2n) is 5.88. The number of anilines is 1. The first-order chi connectivity index (χ1) is 10.1. The van der Waals surface area contributed by atoms with Crippen LogP contribution < -0.4 is 15.4 Å². The zero-order chi connectivity index (χ0) is 15.2. The van der Waals surface area contributed by atoms with Crippen LogP contribution in [0.15, 0.2) is 24.3 Å². The molecule has 2 N–H and O–H groups in total. The Bertz CT molecular complexity index is 472. The van der Waals surface area contributed by atoms with Gasteiger partial charge in [0.2, 0.25) is 5.91 Å². The Hall–Kier alpha value is -1.59. The fourth-order valence-corrected chi connectivity index (χ4v) is 2.14. The summed E-state index contributed by atoms with van der Waals surface area (Å²) in [5, 5.41) is 6.17. The number of hydrogen-bond acceptors (Lipinski definition) is 4. The van der Waals surface area contributed by atoms with Gasteiger partial charge in [-0.1, -0.05) is 13.0 Å². The van der Waals surface area contributed by atoms with Crippen molar-refractivity contribution in [3.63, 3.8) is 0 Å². The van der Waals surface area contributed by atoms with Crippen molar-refractivity contribution in [1.82, 2.24) is 10.2 Å². The van der Waals surface area contributed by atoms with E-state index < -0.39 is 0 Å². The molecule has 5 nitrogen and oxygen atoms in total. The molecular weight excluding hydrogens is 266 g/mol. The quantitative estimate of drug-likeness (QED) is 0.798. The van der Waals surface area contributed by atoms with Gasteiger partial charge in [0.25, 0.3) is 0 Å². The number of hydrogen-bond donors (Lipinski definition) is 2. The molecule has 1 aliphatic heterocycles. The van der Waals surface area contributed by atoms with Crippen molar-refractivity contribution in [1.29, 1.82) is 0 Å². The minimum atomic E-state index is 0.0320. The van der Waals surface area contributed by atoms with Gasteiger partial charge in [-0.25, -0.2) is 0 Å². The van der Waals surface area contributed by atoms with Gasteiger partial charge in [0, 0.05) is 24.2 Å². The Kier molecular flexibility index (Phi) is 5.59. The maximum absolute atomic E-state index is 12.2. The van der Waals surface area contributed by atoms with Gasteiger partial charge in [0.05, 0.1) is 0 Å². The van der Waals surface area contributed by atoms with Crippen LogP contribution in [0.1, 0.15) is 6.92 Å². The van der Waals surface area contributed by atoms with Crippen molar-refractivity contribution < 1.29 is 9.53 Å². The summed E-state index contributed by atoms with van der Waals surface area (Å²) in [5.41, 5.74) is 0.793. The summed E-state index contributed by atoms with van der Waals surface area (Å²) in [6.45, 7) is 5.35. The van der Waals surface area contributed by atoms with Gasteiger partial charge in [-0.05, 0) is 45.2 Å². The van der Waals surface area contributed by atoms with Crippen LogP contribution >= 0.6 is 0 Å². The van der Waals surface area contributed by atoms with Gasteiger partial charge in [0.15, 0.2) is 0 Å². The van der Waals surface area contributed by atoms with E-state index in [1.54, 1.807) is 0 Å². The van der Waals surface area contributed by atoms with E-state index in [-0.39, 0.29) is 11.8 Å². The number of amides is 1. The number of carbonyl (C=O) groups excluding carboxylic acids is 1. The molecule has 0 saturated carbocycles. The van der Waals surface area contributed by atoms with E-state index in [0.29, 0.717) is 12.5 Å². The third-order valence-electron chi connectivity index (χ3n) is 3.84. The number of likely N-dealkylation sites (N-methyl/N-ethyl adjacent to an activating group) is 1. The molecule has 0 aliphatic carbocycles. The summed E-state index contributed by atoms with van der Waals surface area (Å²) in [6.07, 6.45) is 0. The van der Waals surface area contributed by atoms with E-state index in [9.17, 15) is 4.79 Å². The van der Waals surface area contributed by atoms with E-state index in [0.717, 1.165) is 31.1 Å². The normalized spacial score (nSPS) is 16.4. The van der Waals surface area contributed by atoms with Crippen LogP contribution in [0.3, 0.4) is 0 Å². The highest BCUT2D eigenvalue weighted by Crippen LogP contribution is 2.21. The molecule has 1 saturated heterocycles. The van der Waals surface area contributed by atoms with Crippen molar-refractivity contribution in [2.24, 2.45) is 11.8 Å². The molecule has 116 valence electrons. The van der Waals surface area contributed by atoms with Gasteiger partial charge in [-0.15, -0.1) is 0 Å². The number of nitrogens with one attached hydrogen (secondary N) is 2. The van der Waals surface area contributed by atoms with E-state index in [2.05, 4.69) is 15.5 Å². The minimum absolute atomic E-state index is 0.0320. The smallest absolute Gasteiger partial charge is 0.227 e. The first-order valence-electron chi connectivity index (χ1n) is 7.45. The summed E-state index contributed by atoms with van der Waals surface area (Å²) < 4.78 is 5.68. The van der Waals surface area contributed by atoms with E-state index >= 15 is 0 Å². The predicted octanol–water partition coefficient (Wildman–Crippen LogP) is 1.42. The summed E-state index contributed by atoms with van der Waals surface area (Å²) in [4.78, 5) is 14.2. The predicted molar refractivity (Wildman–Crippen MR) is 84.6 cm³/mol. The van der Waals surface area contributed by atoms with Gasteiger partial charge in [-0.3, -0.25) is 4.79 Å². The molecule has 21 heavy (non-hydrogen) atoms. The van der Waals surface area contributed by atoms with Crippen LogP contribution in [-0.4, -0.2) is 51.1 Å². The highest BCUT2D eigenvalue weighted by atomic mass is 16.5. The fourth-order valence-electron chi connectivity index (χ4n) is 2.14. The standard InChI is InChI=1S/C16H25N3O2/c1-12(13-10-17-11-13)16(20)18-14-5-4-6-15(9-14)21-8-7-19(2)3/h4-6,9,12-13,17H,7-8,10-11H2,1-3H3,(H,18,20). The second kappa shape index (κ2) is 7.43. The molecule has 1 aromatic rings. The molecule has 1 fully saturated rings. The lowest BCUT2D eigenvalue weighted by atomic mass is 9.88. The number of nitrogens with zero attached hydrogens (tertiary/aromatic N) is 1. The summed E-state index contributed by atoms with van der Waals surface area (Å²) >= 11 is 0. The lowest BCUT2D eigenvalue weighted by Crippen LogP contribution is -2.48. The first-order valence-corrected chi connectivity index (χ1v) is 7.45. The molecule has 5 heteroatoms. The van der Waals surface area contributed by atoms with E-state index in [1.165, 1.54) is 0 Å². The van der Waals surface area contributed by atoms with Gasteiger partial charge in [-0.2, -0.15) is 0 Å². The van der Waals surface area contributed by atoms with Crippen LogP contribution in [0.4, 0.5) is 5.69 Å². The molecule has 1 aliphatic rings. The van der Waals surface area contributed by atoms with Crippen LogP contribution in [0.2, 0.25) is 0 Å². The van der Waals surface area contributed by atoms with Crippen molar-refractivity contribution in [2.45, 2.75) is 6.92 Å². The fraction of sp³-hybridized carbons (Fsp3) is 0.562. The number of benzene rings is 1. The van der Waals surface area contributed by atoms with Crippen LogP contribution in [0.25, 0.3) is 0 Å². The molecule has 1 atom stereocenters. The van der Waals surface area contributed by atoms with E-state index in [4.69, 9.17) is 4.74 Å². The summed E-state index contributed by atoms with van der Waals surface area (Å²) in [6, 6.07) is 7.57. The average molecular weight is 291 g/mol. The van der Waals surface area contributed by atoms with E-state index in [1.807, 2.05) is 45.3 Å². The maximum Gasteiger partial charge on any atom is 0.227 e. The lowest BCUT2D eigenvalue weighted by Gasteiger charge is -2.31. The van der Waals surface area contributed by atoms with Crippen LogP contribution in [0, 0.1) is 11.8 Å². The molecule has 1 heterocycles. The van der Waals surface area contributed by atoms with Gasteiger partial charge < -0.3 is 20.3 Å². The zero-order valence-electron chi connectivity index (χ0n) is 13.1. The van der Waals surface area contributed by atoms with Crippen LogP contribution in [-0.2, 0) is 4.79 Å². The number of ether oxygens (including phenoxy) is 1. The monoisotopic (exact) mass is 291 g/mol. The Morgan fingerprint density at radius 3 is 2.86 bits per heavy atom. The molecule has 0 radical (unpaired) electrons. The van der Waals surface area contributed by atoms with Crippen molar-refractivity contribution in [3.05, 3.63) is 24.3 Å². The molecule has 0 spiro atoms. The molecule has 0 bridgehead atoms. The van der Waals surface area contributed by atoms with Gasteiger partial charge >= 0.3 is 0 Å². The second-order valence-corrected chi connectivity index (χ2v) is 5.88. The summed E-state index contributed by atoms with van der Waals surface area (Å²) in [7, 11) is 4.02. The Balaban J connectivity index is 1.86. The highest BCUT2D eigenvalue weighted by Gasteiger charge is 2.28. The Morgan fingerprint density at radius 1 is 1.48 bits per heavy atom. The van der Waals surface area contributed by atoms with Gasteiger partial charge in [0.1, 0.15) is 12.4 Å². The molecular formula is C16H25N3O2. The Morgan fingerprint density at radius 2 is 2.24 bits per heavy atom. The summed E-state index contributed by atoms with van der Waals surface area (Å²) in [5.74, 6) is 1.34. The Labute approximate surface area is 126 Å². The first kappa shape index (κ1) is 15.8. The zero-order valence-corrected chi connectivity index (χ0v) is 13.1. The highest BCUT2D eigenvalue weighted by molar-refractivity contribution is 5.92. The van der Waals surface area contributed by atoms with Crippen molar-refractivity contribution in [2.75, 3.05) is 45.7 Å². The molecule has 2 rings (SSSR count). The van der Waals surface area contributed by atoms with Crippen molar-refractivity contribution in [3.8, 4) is 5.75 Å². The number of carbonyl (C=O) groups is 1. The SMILES string of the molecule is CC(C(=O)Nc1cccc(OCCN(C)C)c1)C1CNC1. The molecule has 1 amide bonds. The number of rotatable bonds is 7. The molecule has 1 unspecified atom stereocenters. The van der Waals surface area contributed by atoms with Crippen molar-refractivity contribution >= 4 is 11.6 Å². The average Bonchev–Trinajstić information content (AvgIpc) is 2.36. The topological polar surface area (TPSA) is 53.6 Å². The minimum Gasteiger partial charge on any atom is -0.492 e. The third-order valence-corrected chi connectivity index (χ3v) is 3.84.